The van der Waals surface area contributed by atoms with Crippen molar-refractivity contribution in [2.45, 2.75) is 25.4 Å². The number of carbonyl (C=O) groups is 3. The van der Waals surface area contributed by atoms with Crippen LogP contribution in [0, 0.1) is 11.6 Å². The van der Waals surface area contributed by atoms with Gasteiger partial charge in [0, 0.05) is 11.6 Å². The molecule has 0 saturated heterocycles. The highest BCUT2D eigenvalue weighted by atomic mass is 19.1. The second kappa shape index (κ2) is 10.5. The molecule has 32 heavy (non-hydrogen) atoms. The molecule has 3 aromatic carbocycles. The number of nitrogens with one attached hydrogen (secondary N) is 2. The number of hydrogen-bond acceptors (Lipinski definition) is 4. The van der Waals surface area contributed by atoms with E-state index in [9.17, 15) is 23.2 Å². The molecule has 0 aromatic heterocycles. The topological polar surface area (TPSA) is 75.3 Å². The van der Waals surface area contributed by atoms with Crippen molar-refractivity contribution in [3.8, 4) is 0 Å². The van der Waals surface area contributed by atoms with Crippen LogP contribution in [-0.2, 0) is 16.0 Å². The number of ketones is 1. The number of amides is 2. The van der Waals surface area contributed by atoms with E-state index < -0.39 is 35.5 Å². The fourth-order valence-electron chi connectivity index (χ4n) is 3.25. The maximum absolute atomic E-state index is 13.3. The fraction of sp³-hybridized carbons (Fsp3) is 0.160. The first-order chi connectivity index (χ1) is 15.3. The molecule has 0 fully saturated rings. The fourth-order valence-corrected chi connectivity index (χ4v) is 3.25. The van der Waals surface area contributed by atoms with Crippen LogP contribution in [0.4, 0.5) is 8.78 Å². The minimum Gasteiger partial charge on any atom is -0.295 e. The Bertz CT molecular complexity index is 1080. The average molecular weight is 436 g/mol. The molecule has 0 heterocycles. The van der Waals surface area contributed by atoms with Gasteiger partial charge in [-0.2, -0.15) is 0 Å². The van der Waals surface area contributed by atoms with E-state index in [2.05, 4.69) is 10.6 Å². The summed E-state index contributed by atoms with van der Waals surface area (Å²) in [6, 6.07) is 18.6. The molecule has 1 unspecified atom stereocenters. The van der Waals surface area contributed by atoms with Crippen LogP contribution in [0.5, 0.6) is 0 Å². The number of benzene rings is 3. The van der Waals surface area contributed by atoms with Crippen molar-refractivity contribution >= 4 is 17.6 Å². The van der Waals surface area contributed by atoms with E-state index in [1.54, 1.807) is 54.6 Å². The van der Waals surface area contributed by atoms with Gasteiger partial charge in [0.25, 0.3) is 0 Å². The summed E-state index contributed by atoms with van der Waals surface area (Å²) < 4.78 is 26.6. The molecule has 0 radical (unpaired) electrons. The highest BCUT2D eigenvalue weighted by Gasteiger charge is 2.26. The minimum absolute atomic E-state index is 0.106. The molecule has 0 aliphatic heterocycles. The number of Topliss-reactive ketones (excluding diaryl/α,β-unsaturated/α-hetero) is 1. The van der Waals surface area contributed by atoms with Crippen LogP contribution in [-0.4, -0.2) is 23.6 Å². The molecule has 5 nitrogen and oxygen atoms in total. The van der Waals surface area contributed by atoms with Crippen LogP contribution in [0.2, 0.25) is 0 Å². The second-order valence-electron chi connectivity index (χ2n) is 7.33. The molecule has 3 aromatic rings. The van der Waals surface area contributed by atoms with Crippen molar-refractivity contribution in [1.29, 1.82) is 0 Å². The summed E-state index contributed by atoms with van der Waals surface area (Å²) >= 11 is 0. The quantitative estimate of drug-likeness (QED) is 0.528. The van der Waals surface area contributed by atoms with Gasteiger partial charge in [-0.3, -0.25) is 25.0 Å². The summed E-state index contributed by atoms with van der Waals surface area (Å²) in [5.41, 5.74) is 1.25. The predicted octanol–water partition coefficient (Wildman–Crippen LogP) is 3.75. The lowest BCUT2D eigenvalue weighted by Gasteiger charge is -2.22. The van der Waals surface area contributed by atoms with Crippen molar-refractivity contribution in [1.82, 2.24) is 10.6 Å². The van der Waals surface area contributed by atoms with Crippen molar-refractivity contribution < 1.29 is 23.2 Å². The van der Waals surface area contributed by atoms with Crippen LogP contribution < -0.4 is 10.6 Å². The number of carbonyl (C=O) groups excluding carboxylic acids is 3. The molecule has 0 aliphatic carbocycles. The van der Waals surface area contributed by atoms with Gasteiger partial charge in [-0.15, -0.1) is 0 Å². The third kappa shape index (κ3) is 6.15. The molecule has 0 spiro atoms. The molecule has 164 valence electrons. The van der Waals surface area contributed by atoms with E-state index in [1.165, 1.54) is 6.92 Å². The highest BCUT2D eigenvalue weighted by Crippen LogP contribution is 2.19. The zero-order valence-corrected chi connectivity index (χ0v) is 17.3. The van der Waals surface area contributed by atoms with E-state index in [-0.39, 0.29) is 17.8 Å². The maximum atomic E-state index is 13.3. The third-order valence-electron chi connectivity index (χ3n) is 4.81. The van der Waals surface area contributed by atoms with Gasteiger partial charge in [-0.25, -0.2) is 8.78 Å². The Morgan fingerprint density at radius 2 is 1.41 bits per heavy atom. The van der Waals surface area contributed by atoms with Crippen molar-refractivity contribution in [3.05, 3.63) is 107 Å². The standard InChI is InChI=1S/C25H22F2N2O3/c1-16(25(32)29-22(30)14-17-12-20(26)15-21(27)13-17)28-23(18-8-4-2-5-9-18)24(31)19-10-6-3-7-11-19/h2-13,15-16,23,28H,14H2,1H3,(H,29,30,32)/t16-,23?/m0/s1. The van der Waals surface area contributed by atoms with Crippen molar-refractivity contribution in [2.24, 2.45) is 0 Å². The number of halogens is 2. The van der Waals surface area contributed by atoms with Gasteiger partial charge in [0.1, 0.15) is 11.6 Å². The number of hydrogen-bond donors (Lipinski definition) is 2. The van der Waals surface area contributed by atoms with Gasteiger partial charge in [0.2, 0.25) is 11.8 Å². The van der Waals surface area contributed by atoms with Crippen LogP contribution >= 0.6 is 0 Å². The summed E-state index contributed by atoms with van der Waals surface area (Å²) in [4.78, 5) is 37.8. The van der Waals surface area contributed by atoms with E-state index in [0.29, 0.717) is 17.2 Å². The maximum Gasteiger partial charge on any atom is 0.243 e. The van der Waals surface area contributed by atoms with Crippen LogP contribution in [0.3, 0.4) is 0 Å². The zero-order valence-electron chi connectivity index (χ0n) is 17.3. The summed E-state index contributed by atoms with van der Waals surface area (Å²) in [5.74, 6) is -3.20. The summed E-state index contributed by atoms with van der Waals surface area (Å²) in [5, 5.41) is 5.19. The van der Waals surface area contributed by atoms with Gasteiger partial charge in [0.05, 0.1) is 18.5 Å². The molecule has 2 atom stereocenters. The number of rotatable bonds is 8. The van der Waals surface area contributed by atoms with Gasteiger partial charge >= 0.3 is 0 Å². The Morgan fingerprint density at radius 1 is 0.844 bits per heavy atom. The molecule has 7 heteroatoms. The molecular formula is C25H22F2N2O3. The SMILES string of the molecule is C[C@H](NC(C(=O)c1ccccc1)c1ccccc1)C(=O)NC(=O)Cc1cc(F)cc(F)c1. The summed E-state index contributed by atoms with van der Waals surface area (Å²) in [6.45, 7) is 1.53. The Kier molecular flexibility index (Phi) is 7.57. The molecule has 0 bridgehead atoms. The molecular weight excluding hydrogens is 414 g/mol. The Morgan fingerprint density at radius 3 is 2.00 bits per heavy atom. The molecule has 0 saturated carbocycles. The van der Waals surface area contributed by atoms with E-state index >= 15 is 0 Å². The number of imide groups is 1. The Hall–Kier alpha value is -3.71. The van der Waals surface area contributed by atoms with Crippen LogP contribution in [0.15, 0.2) is 78.9 Å². The normalized spacial score (nSPS) is 12.6. The molecule has 0 aliphatic rings. The van der Waals surface area contributed by atoms with Crippen LogP contribution in [0.25, 0.3) is 0 Å². The average Bonchev–Trinajstić information content (AvgIpc) is 2.77. The molecule has 3 rings (SSSR count). The second-order valence-corrected chi connectivity index (χ2v) is 7.33. The lowest BCUT2D eigenvalue weighted by atomic mass is 9.96. The van der Waals surface area contributed by atoms with Gasteiger partial charge in [0.15, 0.2) is 5.78 Å². The van der Waals surface area contributed by atoms with Gasteiger partial charge in [-0.1, -0.05) is 60.7 Å². The predicted molar refractivity (Wildman–Crippen MR) is 116 cm³/mol. The molecule has 2 amide bonds. The molecule has 2 N–H and O–H groups in total. The van der Waals surface area contributed by atoms with Crippen LogP contribution in [0.1, 0.15) is 34.5 Å². The first kappa shape index (κ1) is 23.0. The van der Waals surface area contributed by atoms with Gasteiger partial charge in [-0.05, 0) is 30.2 Å². The van der Waals surface area contributed by atoms with E-state index in [0.717, 1.165) is 12.1 Å². The summed E-state index contributed by atoms with van der Waals surface area (Å²) in [6.07, 6.45) is -0.363. The third-order valence-corrected chi connectivity index (χ3v) is 4.81. The summed E-state index contributed by atoms with van der Waals surface area (Å²) in [7, 11) is 0. The lowest BCUT2D eigenvalue weighted by Crippen LogP contribution is -2.47. The van der Waals surface area contributed by atoms with E-state index in [1.807, 2.05) is 6.07 Å². The smallest absolute Gasteiger partial charge is 0.243 e. The first-order valence-electron chi connectivity index (χ1n) is 10.0. The van der Waals surface area contributed by atoms with Crippen molar-refractivity contribution in [2.75, 3.05) is 0 Å². The van der Waals surface area contributed by atoms with E-state index in [4.69, 9.17) is 0 Å². The minimum atomic E-state index is -0.902. The Balaban J connectivity index is 1.69. The first-order valence-corrected chi connectivity index (χ1v) is 10.0. The lowest BCUT2D eigenvalue weighted by molar-refractivity contribution is -0.131. The van der Waals surface area contributed by atoms with Gasteiger partial charge < -0.3 is 0 Å². The zero-order chi connectivity index (χ0) is 23.1. The Labute approximate surface area is 184 Å². The highest BCUT2D eigenvalue weighted by molar-refractivity contribution is 6.02. The monoisotopic (exact) mass is 436 g/mol. The largest absolute Gasteiger partial charge is 0.295 e. The van der Waals surface area contributed by atoms with Crippen molar-refractivity contribution in [3.63, 3.8) is 0 Å².